The lowest BCUT2D eigenvalue weighted by atomic mass is 10.00. The molecule has 5 heteroatoms. The molecule has 140 valence electrons. The Morgan fingerprint density at radius 1 is 0.857 bits per heavy atom. The summed E-state index contributed by atoms with van der Waals surface area (Å²) in [5.41, 5.74) is 4.22. The van der Waals surface area contributed by atoms with Crippen molar-refractivity contribution >= 4 is 11.6 Å². The van der Waals surface area contributed by atoms with Crippen LogP contribution in [0.25, 0.3) is 16.9 Å². The maximum atomic E-state index is 10.5. The zero-order valence-electron chi connectivity index (χ0n) is 15.1. The molecule has 4 rings (SSSR count). The van der Waals surface area contributed by atoms with E-state index in [0.29, 0.717) is 17.0 Å². The van der Waals surface area contributed by atoms with E-state index in [-0.39, 0.29) is 11.5 Å². The van der Waals surface area contributed by atoms with Gasteiger partial charge < -0.3 is 10.2 Å². The molecule has 1 heterocycles. The Kier molecular flexibility index (Phi) is 5.04. The minimum absolute atomic E-state index is 0.0108. The summed E-state index contributed by atoms with van der Waals surface area (Å²) in [6.07, 6.45) is 4.85. The largest absolute Gasteiger partial charge is 0.508 e. The highest BCUT2D eigenvalue weighted by Gasteiger charge is 2.15. The van der Waals surface area contributed by atoms with Crippen molar-refractivity contribution < 1.29 is 10.2 Å². The van der Waals surface area contributed by atoms with Crippen LogP contribution in [0.5, 0.6) is 11.5 Å². The van der Waals surface area contributed by atoms with Crippen LogP contribution in [0.15, 0.2) is 79.3 Å². The lowest BCUT2D eigenvalue weighted by Crippen LogP contribution is -1.97. The number of phenolic OH excluding ortho intramolecular Hbond substituents is 2. The quantitative estimate of drug-likeness (QED) is 0.480. The molecule has 2 N–H and O–H groups in total. The van der Waals surface area contributed by atoms with E-state index in [9.17, 15) is 10.2 Å². The van der Waals surface area contributed by atoms with Crippen molar-refractivity contribution in [1.82, 2.24) is 9.55 Å². The number of imidazole rings is 1. The summed E-state index contributed by atoms with van der Waals surface area (Å²) in [6, 6.07) is 20.7. The van der Waals surface area contributed by atoms with Crippen LogP contribution in [0.2, 0.25) is 5.02 Å². The van der Waals surface area contributed by atoms with Crippen molar-refractivity contribution in [3.8, 4) is 28.4 Å². The van der Waals surface area contributed by atoms with Crippen LogP contribution in [0.3, 0.4) is 0 Å². The topological polar surface area (TPSA) is 58.3 Å². The first-order valence-electron chi connectivity index (χ1n) is 8.99. The molecule has 3 aromatic carbocycles. The number of hydrogen-bond acceptors (Lipinski definition) is 3. The second kappa shape index (κ2) is 7.79. The molecular weight excluding hydrogens is 372 g/mol. The average molecular weight is 391 g/mol. The van der Waals surface area contributed by atoms with Gasteiger partial charge in [0.1, 0.15) is 11.5 Å². The van der Waals surface area contributed by atoms with E-state index in [0.717, 1.165) is 23.4 Å². The highest BCUT2D eigenvalue weighted by atomic mass is 35.5. The fourth-order valence-corrected chi connectivity index (χ4v) is 3.38. The summed E-state index contributed by atoms with van der Waals surface area (Å²) in [4.78, 5) is 4.24. The minimum Gasteiger partial charge on any atom is -0.508 e. The Morgan fingerprint density at radius 2 is 1.61 bits per heavy atom. The molecule has 0 saturated carbocycles. The highest BCUT2D eigenvalue weighted by Crippen LogP contribution is 2.36. The summed E-state index contributed by atoms with van der Waals surface area (Å²) >= 11 is 5.99. The summed E-state index contributed by atoms with van der Waals surface area (Å²) in [5, 5.41) is 21.4. The Balaban J connectivity index is 1.69. The third-order valence-electron chi connectivity index (χ3n) is 4.74. The second-order valence-electron chi connectivity index (χ2n) is 6.61. The predicted octanol–water partition coefficient (Wildman–Crippen LogP) is 5.39. The molecule has 0 aliphatic heterocycles. The number of halogens is 1. The van der Waals surface area contributed by atoms with Gasteiger partial charge in [0.05, 0.1) is 18.2 Å². The predicted molar refractivity (Wildman–Crippen MR) is 111 cm³/mol. The summed E-state index contributed by atoms with van der Waals surface area (Å²) in [5.74, 6) is 0.103. The number of phenols is 2. The average Bonchev–Trinajstić information content (AvgIpc) is 3.18. The summed E-state index contributed by atoms with van der Waals surface area (Å²) in [7, 11) is 0. The van der Waals surface area contributed by atoms with Crippen LogP contribution in [-0.2, 0) is 12.8 Å². The van der Waals surface area contributed by atoms with Crippen LogP contribution in [-0.4, -0.2) is 19.8 Å². The summed E-state index contributed by atoms with van der Waals surface area (Å²) < 4.78 is 1.88. The number of rotatable bonds is 5. The van der Waals surface area contributed by atoms with E-state index < -0.39 is 0 Å². The van der Waals surface area contributed by atoms with Crippen molar-refractivity contribution in [2.75, 3.05) is 0 Å². The maximum Gasteiger partial charge on any atom is 0.128 e. The lowest BCUT2D eigenvalue weighted by Gasteiger charge is -2.13. The molecule has 0 bridgehead atoms. The normalized spacial score (nSPS) is 10.9. The Bertz CT molecular complexity index is 1090. The monoisotopic (exact) mass is 390 g/mol. The highest BCUT2D eigenvalue weighted by molar-refractivity contribution is 6.30. The maximum absolute atomic E-state index is 10.5. The first kappa shape index (κ1) is 18.1. The number of aryl methyl sites for hydroxylation is 2. The van der Waals surface area contributed by atoms with Gasteiger partial charge in [-0.25, -0.2) is 4.98 Å². The van der Waals surface area contributed by atoms with Gasteiger partial charge in [-0.1, -0.05) is 41.9 Å². The minimum atomic E-state index is 0.0108. The number of nitrogens with zero attached hydrogens (tertiary/aromatic N) is 2. The second-order valence-corrected chi connectivity index (χ2v) is 7.05. The standard InChI is InChI=1S/C23H19ClN2O2/c24-18-8-10-19(11-9-18)26-15-25-14-21(26)20-12-17(22(27)13-23(20)28)7-6-16-4-2-1-3-5-16/h1-5,8-15,27-28H,6-7H2. The number of hydrogen-bond donors (Lipinski definition) is 2. The molecule has 0 atom stereocenters. The van der Waals surface area contributed by atoms with E-state index in [1.165, 1.54) is 11.6 Å². The van der Waals surface area contributed by atoms with E-state index in [2.05, 4.69) is 17.1 Å². The van der Waals surface area contributed by atoms with Gasteiger partial charge in [0.2, 0.25) is 0 Å². The molecule has 0 amide bonds. The molecule has 0 aliphatic carbocycles. The smallest absolute Gasteiger partial charge is 0.128 e. The van der Waals surface area contributed by atoms with Crippen LogP contribution < -0.4 is 0 Å². The van der Waals surface area contributed by atoms with Crippen molar-refractivity contribution in [3.05, 3.63) is 95.4 Å². The number of benzene rings is 3. The number of aromatic nitrogens is 2. The van der Waals surface area contributed by atoms with E-state index in [4.69, 9.17) is 11.6 Å². The third-order valence-corrected chi connectivity index (χ3v) is 4.99. The van der Waals surface area contributed by atoms with E-state index in [1.807, 2.05) is 53.1 Å². The molecule has 0 fully saturated rings. The zero-order valence-corrected chi connectivity index (χ0v) is 15.8. The molecule has 0 aliphatic rings. The molecule has 0 saturated heterocycles. The fraction of sp³-hybridized carbons (Fsp3) is 0.0870. The molecule has 1 aromatic heterocycles. The first-order valence-corrected chi connectivity index (χ1v) is 9.37. The molecule has 28 heavy (non-hydrogen) atoms. The van der Waals surface area contributed by atoms with Gasteiger partial charge in [0.25, 0.3) is 0 Å². The van der Waals surface area contributed by atoms with Crippen LogP contribution in [0, 0.1) is 0 Å². The molecule has 4 aromatic rings. The lowest BCUT2D eigenvalue weighted by molar-refractivity contribution is 0.447. The first-order chi connectivity index (χ1) is 13.6. The van der Waals surface area contributed by atoms with Gasteiger partial charge in [0, 0.05) is 22.3 Å². The fourth-order valence-electron chi connectivity index (χ4n) is 3.25. The van der Waals surface area contributed by atoms with Crippen molar-refractivity contribution in [2.45, 2.75) is 12.8 Å². The van der Waals surface area contributed by atoms with Gasteiger partial charge in [-0.2, -0.15) is 0 Å². The molecule has 0 radical (unpaired) electrons. The van der Waals surface area contributed by atoms with Gasteiger partial charge in [-0.3, -0.25) is 4.57 Å². The van der Waals surface area contributed by atoms with Gasteiger partial charge in [0.15, 0.2) is 0 Å². The van der Waals surface area contributed by atoms with Gasteiger partial charge >= 0.3 is 0 Å². The van der Waals surface area contributed by atoms with E-state index >= 15 is 0 Å². The van der Waals surface area contributed by atoms with Crippen LogP contribution in [0.4, 0.5) is 0 Å². The Morgan fingerprint density at radius 3 is 2.36 bits per heavy atom. The SMILES string of the molecule is Oc1cc(O)c(-c2cncn2-c2ccc(Cl)cc2)cc1CCc1ccccc1. The molecule has 4 nitrogen and oxygen atoms in total. The van der Waals surface area contributed by atoms with Crippen molar-refractivity contribution in [1.29, 1.82) is 0 Å². The molecule has 0 spiro atoms. The Hall–Kier alpha value is -3.24. The summed E-state index contributed by atoms with van der Waals surface area (Å²) in [6.45, 7) is 0. The molecule has 0 unspecified atom stereocenters. The van der Waals surface area contributed by atoms with Gasteiger partial charge in [-0.15, -0.1) is 0 Å². The zero-order chi connectivity index (χ0) is 19.5. The Labute approximate surface area is 168 Å². The van der Waals surface area contributed by atoms with E-state index in [1.54, 1.807) is 12.5 Å². The molecular formula is C23H19ClN2O2. The van der Waals surface area contributed by atoms with Crippen LogP contribution in [0.1, 0.15) is 11.1 Å². The number of aromatic hydroxyl groups is 2. The van der Waals surface area contributed by atoms with Crippen molar-refractivity contribution in [3.63, 3.8) is 0 Å². The van der Waals surface area contributed by atoms with Gasteiger partial charge in [-0.05, 0) is 54.3 Å². The van der Waals surface area contributed by atoms with Crippen LogP contribution >= 0.6 is 11.6 Å². The third kappa shape index (κ3) is 3.73. The van der Waals surface area contributed by atoms with Crippen molar-refractivity contribution in [2.24, 2.45) is 0 Å².